The van der Waals surface area contributed by atoms with Gasteiger partial charge in [-0.05, 0) is 62.2 Å². The molecule has 0 saturated heterocycles. The van der Waals surface area contributed by atoms with Crippen LogP contribution in [-0.2, 0) is 0 Å². The van der Waals surface area contributed by atoms with E-state index in [4.69, 9.17) is 0 Å². The number of benzene rings is 1. The highest BCUT2D eigenvalue weighted by Crippen LogP contribution is 2.33. The maximum atomic E-state index is 12.7. The molecule has 94 valence electrons. The molecule has 2 rings (SSSR count). The van der Waals surface area contributed by atoms with Crippen molar-refractivity contribution in [1.29, 1.82) is 0 Å². The van der Waals surface area contributed by atoms with E-state index in [1.807, 2.05) is 6.07 Å². The minimum Gasteiger partial charge on any atom is -0.293 e. The topological polar surface area (TPSA) is 17.1 Å². The summed E-state index contributed by atoms with van der Waals surface area (Å²) < 4.78 is 14.5. The summed E-state index contributed by atoms with van der Waals surface area (Å²) >= 11 is 9.58. The fourth-order valence-electron chi connectivity index (χ4n) is 1.29. The van der Waals surface area contributed by atoms with E-state index in [0.717, 1.165) is 12.5 Å². The Kier molecular flexibility index (Phi) is 5.00. The van der Waals surface area contributed by atoms with E-state index in [9.17, 15) is 9.18 Å². The molecule has 0 aliphatic heterocycles. The van der Waals surface area contributed by atoms with E-state index in [0.29, 0.717) is 11.3 Å². The molecule has 0 amide bonds. The van der Waals surface area contributed by atoms with Crippen molar-refractivity contribution in [3.8, 4) is 0 Å². The summed E-state index contributed by atoms with van der Waals surface area (Å²) in [5.74, 6) is 0.126. The zero-order chi connectivity index (χ0) is 13.1. The van der Waals surface area contributed by atoms with E-state index in [1.54, 1.807) is 12.1 Å². The molecule has 0 atom stereocenters. The Morgan fingerprint density at radius 2 is 1.94 bits per heavy atom. The van der Waals surface area contributed by atoms with Crippen LogP contribution in [0.15, 0.2) is 42.8 Å². The van der Waals surface area contributed by atoms with Crippen molar-refractivity contribution in [2.24, 2.45) is 0 Å². The first-order chi connectivity index (χ1) is 8.56. The van der Waals surface area contributed by atoms with Gasteiger partial charge in [0, 0.05) is 10.5 Å². The van der Waals surface area contributed by atoms with E-state index in [1.165, 1.54) is 35.2 Å². The molecule has 1 aromatic carbocycles. The molecule has 0 unspecified atom stereocenters. The summed E-state index contributed by atoms with van der Waals surface area (Å²) in [5, 5.41) is 0. The first-order valence-electron chi connectivity index (χ1n) is 4.92. The van der Waals surface area contributed by atoms with Gasteiger partial charge in [-0.25, -0.2) is 4.39 Å². The number of halogens is 3. The standard InChI is InChI=1S/C12H7Br2FOS2/c13-11-5-9(12(14)18-11)10(16)6-17-8-3-1-7(15)2-4-8/h1-5H,6H2. The fourth-order valence-corrected chi connectivity index (χ4v) is 4.93. The van der Waals surface area contributed by atoms with E-state index in [-0.39, 0.29) is 11.6 Å². The lowest BCUT2D eigenvalue weighted by molar-refractivity contribution is 0.102. The Balaban J connectivity index is 2.00. The second kappa shape index (κ2) is 6.32. The number of thiophene rings is 1. The van der Waals surface area contributed by atoms with Crippen molar-refractivity contribution in [2.45, 2.75) is 4.90 Å². The molecule has 0 bridgehead atoms. The molecule has 2 aromatic rings. The van der Waals surface area contributed by atoms with Crippen molar-refractivity contribution in [2.75, 3.05) is 5.75 Å². The normalized spacial score (nSPS) is 10.6. The number of carbonyl (C=O) groups excluding carboxylic acids is 1. The number of carbonyl (C=O) groups is 1. The van der Waals surface area contributed by atoms with Crippen LogP contribution >= 0.6 is 55.0 Å². The third-order valence-corrected chi connectivity index (χ3v) is 5.49. The van der Waals surface area contributed by atoms with Gasteiger partial charge in [0.2, 0.25) is 0 Å². The van der Waals surface area contributed by atoms with Crippen LogP contribution in [0.3, 0.4) is 0 Å². The molecule has 0 saturated carbocycles. The third-order valence-electron chi connectivity index (χ3n) is 2.14. The molecule has 0 aliphatic carbocycles. The van der Waals surface area contributed by atoms with Gasteiger partial charge in [-0.3, -0.25) is 4.79 Å². The highest BCUT2D eigenvalue weighted by atomic mass is 79.9. The smallest absolute Gasteiger partial charge is 0.175 e. The third kappa shape index (κ3) is 3.66. The number of thioether (sulfide) groups is 1. The SMILES string of the molecule is O=C(CSc1ccc(F)cc1)c1cc(Br)sc1Br. The summed E-state index contributed by atoms with van der Waals surface area (Å²) in [7, 11) is 0. The molecule has 1 nitrogen and oxygen atoms in total. The molecular weight excluding hydrogens is 403 g/mol. The van der Waals surface area contributed by atoms with Crippen LogP contribution in [0.25, 0.3) is 0 Å². The van der Waals surface area contributed by atoms with Crippen molar-refractivity contribution in [1.82, 2.24) is 0 Å². The van der Waals surface area contributed by atoms with Crippen LogP contribution in [0.5, 0.6) is 0 Å². The molecule has 0 spiro atoms. The molecule has 0 fully saturated rings. The van der Waals surface area contributed by atoms with Gasteiger partial charge in [0.1, 0.15) is 5.82 Å². The zero-order valence-corrected chi connectivity index (χ0v) is 13.8. The molecule has 6 heteroatoms. The number of hydrogen-bond donors (Lipinski definition) is 0. The zero-order valence-electron chi connectivity index (χ0n) is 8.95. The second-order valence-electron chi connectivity index (χ2n) is 3.40. The average molecular weight is 410 g/mol. The average Bonchev–Trinajstić information content (AvgIpc) is 2.67. The highest BCUT2D eigenvalue weighted by Gasteiger charge is 2.13. The Bertz CT molecular complexity index is 566. The monoisotopic (exact) mass is 408 g/mol. The van der Waals surface area contributed by atoms with Gasteiger partial charge in [-0.15, -0.1) is 23.1 Å². The summed E-state index contributed by atoms with van der Waals surface area (Å²) in [6.45, 7) is 0. The predicted molar refractivity (Wildman–Crippen MR) is 81.2 cm³/mol. The minimum atomic E-state index is -0.268. The number of hydrogen-bond acceptors (Lipinski definition) is 3. The van der Waals surface area contributed by atoms with Gasteiger partial charge >= 0.3 is 0 Å². The van der Waals surface area contributed by atoms with Crippen molar-refractivity contribution in [3.05, 3.63) is 49.3 Å². The van der Waals surface area contributed by atoms with Crippen LogP contribution in [0.4, 0.5) is 4.39 Å². The van der Waals surface area contributed by atoms with Gasteiger partial charge in [0.25, 0.3) is 0 Å². The van der Waals surface area contributed by atoms with E-state index in [2.05, 4.69) is 31.9 Å². The lowest BCUT2D eigenvalue weighted by Gasteiger charge is -2.00. The fraction of sp³-hybridized carbons (Fsp3) is 0.0833. The van der Waals surface area contributed by atoms with E-state index >= 15 is 0 Å². The summed E-state index contributed by atoms with van der Waals surface area (Å²) in [6.07, 6.45) is 0. The van der Waals surface area contributed by atoms with Crippen LogP contribution in [0.1, 0.15) is 10.4 Å². The Morgan fingerprint density at radius 1 is 1.28 bits per heavy atom. The molecule has 1 aromatic heterocycles. The molecule has 1 heterocycles. The lowest BCUT2D eigenvalue weighted by atomic mass is 10.2. The summed E-state index contributed by atoms with van der Waals surface area (Å²) in [6, 6.07) is 7.94. The molecule has 0 N–H and O–H groups in total. The van der Waals surface area contributed by atoms with Crippen LogP contribution in [0.2, 0.25) is 0 Å². The van der Waals surface area contributed by atoms with Crippen molar-refractivity contribution >= 4 is 60.7 Å². The van der Waals surface area contributed by atoms with Crippen molar-refractivity contribution < 1.29 is 9.18 Å². The number of ketones is 1. The van der Waals surface area contributed by atoms with E-state index < -0.39 is 0 Å². The molecule has 0 aliphatic rings. The number of Topliss-reactive ketones (excluding diaryl/α,β-unsaturated/α-hetero) is 1. The highest BCUT2D eigenvalue weighted by molar-refractivity contribution is 9.12. The van der Waals surface area contributed by atoms with Crippen LogP contribution < -0.4 is 0 Å². The van der Waals surface area contributed by atoms with Gasteiger partial charge in [0.15, 0.2) is 5.78 Å². The Labute approximate surface area is 129 Å². The molecule has 18 heavy (non-hydrogen) atoms. The summed E-state index contributed by atoms with van der Waals surface area (Å²) in [5.41, 5.74) is 0.682. The van der Waals surface area contributed by atoms with Gasteiger partial charge in [-0.2, -0.15) is 0 Å². The predicted octanol–water partition coefficient (Wildman–Crippen LogP) is 5.39. The summed E-state index contributed by atoms with van der Waals surface area (Å²) in [4.78, 5) is 12.9. The first kappa shape index (κ1) is 14.2. The largest absolute Gasteiger partial charge is 0.293 e. The first-order valence-corrected chi connectivity index (χ1v) is 8.31. The molecular formula is C12H7Br2FOS2. The number of rotatable bonds is 4. The Hall–Kier alpha value is -0.170. The second-order valence-corrected chi connectivity index (χ2v) is 8.20. The lowest BCUT2D eigenvalue weighted by Crippen LogP contribution is -2.01. The molecule has 0 radical (unpaired) electrons. The van der Waals surface area contributed by atoms with Crippen molar-refractivity contribution in [3.63, 3.8) is 0 Å². The van der Waals surface area contributed by atoms with Crippen LogP contribution in [-0.4, -0.2) is 11.5 Å². The maximum Gasteiger partial charge on any atom is 0.175 e. The maximum absolute atomic E-state index is 12.7. The quantitative estimate of drug-likeness (QED) is 0.497. The van der Waals surface area contributed by atoms with Gasteiger partial charge in [0.05, 0.1) is 13.3 Å². The van der Waals surface area contributed by atoms with Gasteiger partial charge in [-0.1, -0.05) is 0 Å². The van der Waals surface area contributed by atoms with Gasteiger partial charge < -0.3 is 0 Å². The minimum absolute atomic E-state index is 0.0538. The Morgan fingerprint density at radius 3 is 2.50 bits per heavy atom. The van der Waals surface area contributed by atoms with Crippen LogP contribution in [0, 0.1) is 5.82 Å².